The van der Waals surface area contributed by atoms with Crippen molar-refractivity contribution in [3.8, 4) is 0 Å². The van der Waals surface area contributed by atoms with Gasteiger partial charge in [-0.2, -0.15) is 0 Å². The maximum atomic E-state index is 10.1. The summed E-state index contributed by atoms with van der Waals surface area (Å²) in [7, 11) is -4.28. The van der Waals surface area contributed by atoms with E-state index in [1.165, 1.54) is 0 Å². The predicted octanol–water partition coefficient (Wildman–Crippen LogP) is 2.01. The topological polar surface area (TPSA) is 140 Å². The van der Waals surface area contributed by atoms with Crippen molar-refractivity contribution in [2.24, 2.45) is 0 Å². The van der Waals surface area contributed by atoms with E-state index in [2.05, 4.69) is 36.4 Å². The van der Waals surface area contributed by atoms with Gasteiger partial charge < -0.3 is 22.1 Å². The fourth-order valence-corrected chi connectivity index (χ4v) is 1.12. The van der Waals surface area contributed by atoms with Crippen molar-refractivity contribution < 1.29 is 18.9 Å². The van der Waals surface area contributed by atoms with Crippen LogP contribution in [0.2, 0.25) is 0 Å². The van der Waals surface area contributed by atoms with Crippen LogP contribution >= 0.6 is 39.7 Å². The van der Waals surface area contributed by atoms with E-state index in [0.717, 1.165) is 0 Å². The zero-order chi connectivity index (χ0) is 8.20. The van der Waals surface area contributed by atoms with Gasteiger partial charge in [-0.1, -0.05) is 31.9 Å². The van der Waals surface area contributed by atoms with Crippen molar-refractivity contribution in [3.05, 3.63) is 0 Å². The van der Waals surface area contributed by atoms with E-state index in [1.807, 2.05) is 0 Å². The minimum Gasteiger partial charge on any atom is -0.369 e. The van der Waals surface area contributed by atoms with Crippen molar-refractivity contribution in [1.82, 2.24) is 12.3 Å². The van der Waals surface area contributed by atoms with Gasteiger partial charge in [0.2, 0.25) is 0 Å². The summed E-state index contributed by atoms with van der Waals surface area (Å²) in [4.78, 5) is 16.4. The second-order valence-corrected chi connectivity index (χ2v) is 4.72. The Morgan fingerprint density at radius 1 is 1.42 bits per heavy atom. The second-order valence-electron chi connectivity index (χ2n) is 1.54. The minimum absolute atomic E-state index is 0. The lowest BCUT2D eigenvalue weighted by molar-refractivity contribution is 0.201. The van der Waals surface area contributed by atoms with E-state index in [4.69, 9.17) is 9.79 Å². The largest absolute Gasteiger partial charge is 0.469 e. The van der Waals surface area contributed by atoms with Crippen LogP contribution in [0, 0.1) is 0 Å². The van der Waals surface area contributed by atoms with E-state index in [0.29, 0.717) is 5.33 Å². The van der Waals surface area contributed by atoms with Crippen LogP contribution in [0.1, 0.15) is 0 Å². The summed E-state index contributed by atoms with van der Waals surface area (Å²) in [6, 6.07) is 0. The highest BCUT2D eigenvalue weighted by molar-refractivity contribution is 9.12. The number of halogens is 2. The van der Waals surface area contributed by atoms with Crippen LogP contribution in [0.3, 0.4) is 0 Å². The van der Waals surface area contributed by atoms with E-state index in [-0.39, 0.29) is 23.7 Å². The van der Waals surface area contributed by atoms with Crippen LogP contribution < -0.4 is 12.3 Å². The Hall–Kier alpha value is 0.990. The molecule has 0 aromatic carbocycles. The van der Waals surface area contributed by atoms with Crippen LogP contribution in [-0.4, -0.2) is 26.6 Å². The molecule has 6 nitrogen and oxygen atoms in total. The predicted molar refractivity (Wildman–Crippen MR) is 56.5 cm³/mol. The number of phosphoric ester groups is 1. The summed E-state index contributed by atoms with van der Waals surface area (Å²) in [5.41, 5.74) is 0. The molecule has 0 saturated heterocycles. The van der Waals surface area contributed by atoms with E-state index < -0.39 is 7.82 Å². The molecule has 0 saturated carbocycles. The first-order valence-corrected chi connectivity index (χ1v) is 5.92. The van der Waals surface area contributed by atoms with Gasteiger partial charge in [-0.15, -0.1) is 0 Å². The van der Waals surface area contributed by atoms with E-state index in [9.17, 15) is 4.57 Å². The molecule has 0 bridgehead atoms. The summed E-state index contributed by atoms with van der Waals surface area (Å²) < 4.78 is 14.3. The summed E-state index contributed by atoms with van der Waals surface area (Å²) in [6.45, 7) is -0.00444. The summed E-state index contributed by atoms with van der Waals surface area (Å²) in [6.07, 6.45) is 0. The molecule has 0 heterocycles. The third kappa shape index (κ3) is 13.6. The SMILES string of the molecule is O=P(O)(O)OCC(Br)CBr.[NH4+].[NH4+]. The fourth-order valence-electron chi connectivity index (χ4n) is 0.223. The Morgan fingerprint density at radius 2 is 1.83 bits per heavy atom. The number of hydrogen-bond acceptors (Lipinski definition) is 2. The molecule has 0 fully saturated rings. The van der Waals surface area contributed by atoms with Gasteiger partial charge >= 0.3 is 7.82 Å². The molecule has 1 atom stereocenters. The molecule has 0 amide bonds. The molecule has 0 aliphatic rings. The van der Waals surface area contributed by atoms with E-state index in [1.54, 1.807) is 0 Å². The summed E-state index contributed by atoms with van der Waals surface area (Å²) in [5.74, 6) is 0. The fraction of sp³-hybridized carbons (Fsp3) is 1.00. The van der Waals surface area contributed by atoms with Crippen molar-refractivity contribution in [1.29, 1.82) is 0 Å². The molecule has 0 aromatic heterocycles. The van der Waals surface area contributed by atoms with Gasteiger partial charge in [0.05, 0.1) is 6.61 Å². The van der Waals surface area contributed by atoms with Crippen molar-refractivity contribution in [2.75, 3.05) is 11.9 Å². The Bertz CT molecular complexity index is 142. The zero-order valence-corrected chi connectivity index (χ0v) is 11.0. The van der Waals surface area contributed by atoms with Gasteiger partial charge in [0.15, 0.2) is 0 Å². The first kappa shape index (κ1) is 18.7. The van der Waals surface area contributed by atoms with Crippen molar-refractivity contribution in [2.45, 2.75) is 4.83 Å². The average molecular weight is 334 g/mol. The molecule has 0 aliphatic heterocycles. The maximum Gasteiger partial charge on any atom is 0.469 e. The van der Waals surface area contributed by atoms with Gasteiger partial charge in [-0.3, -0.25) is 4.52 Å². The van der Waals surface area contributed by atoms with Gasteiger partial charge in [-0.25, -0.2) is 4.57 Å². The third-order valence-electron chi connectivity index (χ3n) is 0.591. The van der Waals surface area contributed by atoms with Crippen LogP contribution in [0.25, 0.3) is 0 Å². The number of phosphoric acid groups is 1. The number of quaternary nitrogens is 2. The normalized spacial score (nSPS) is 12.7. The Morgan fingerprint density at radius 3 is 2.08 bits per heavy atom. The first-order valence-electron chi connectivity index (χ1n) is 2.36. The highest BCUT2D eigenvalue weighted by Gasteiger charge is 2.15. The smallest absolute Gasteiger partial charge is 0.369 e. The molecule has 9 heteroatoms. The highest BCUT2D eigenvalue weighted by Crippen LogP contribution is 2.36. The van der Waals surface area contributed by atoms with Gasteiger partial charge in [0.25, 0.3) is 0 Å². The Kier molecular flexibility index (Phi) is 13.4. The van der Waals surface area contributed by atoms with Crippen LogP contribution in [-0.2, 0) is 9.09 Å². The number of hydrogen-bond donors (Lipinski definition) is 4. The zero-order valence-electron chi connectivity index (χ0n) is 6.91. The second kappa shape index (κ2) is 8.58. The van der Waals surface area contributed by atoms with Crippen LogP contribution in [0.5, 0.6) is 0 Å². The van der Waals surface area contributed by atoms with Crippen LogP contribution in [0.4, 0.5) is 0 Å². The molecule has 0 radical (unpaired) electrons. The van der Waals surface area contributed by atoms with Gasteiger partial charge in [0, 0.05) is 10.2 Å². The highest BCUT2D eigenvalue weighted by atomic mass is 79.9. The lowest BCUT2D eigenvalue weighted by atomic mass is 10.5. The maximum absolute atomic E-state index is 10.1. The van der Waals surface area contributed by atoms with Crippen molar-refractivity contribution in [3.63, 3.8) is 0 Å². The number of alkyl halides is 2. The Labute approximate surface area is 87.7 Å². The molecule has 0 aliphatic carbocycles. The van der Waals surface area contributed by atoms with Crippen LogP contribution in [0.15, 0.2) is 0 Å². The molecular formula is C3H15Br2N2O4P+2. The monoisotopic (exact) mass is 332 g/mol. The molecular weight excluding hydrogens is 319 g/mol. The molecule has 0 rings (SSSR count). The average Bonchev–Trinajstić information content (AvgIpc) is 1.81. The standard InChI is InChI=1S/C3H7Br2O4P.2H3N/c4-1-3(5)2-9-10(6,7)8;;/h3H,1-2H2,(H2,6,7,8);2*1H3/p+2. The first-order chi connectivity index (χ1) is 4.45. The van der Waals surface area contributed by atoms with E-state index >= 15 is 0 Å². The lowest BCUT2D eigenvalue weighted by Crippen LogP contribution is -2.08. The quantitative estimate of drug-likeness (QED) is 0.461. The summed E-state index contributed by atoms with van der Waals surface area (Å²) in [5, 5.41) is 0.590. The summed E-state index contributed by atoms with van der Waals surface area (Å²) >= 11 is 6.22. The minimum atomic E-state index is -4.28. The van der Waals surface area contributed by atoms with Gasteiger partial charge in [0.1, 0.15) is 0 Å². The van der Waals surface area contributed by atoms with Gasteiger partial charge in [-0.05, 0) is 0 Å². The molecule has 0 spiro atoms. The molecule has 12 heavy (non-hydrogen) atoms. The third-order valence-corrected chi connectivity index (χ3v) is 3.31. The molecule has 0 aromatic rings. The molecule has 10 N–H and O–H groups in total. The molecule has 1 unspecified atom stereocenters. The lowest BCUT2D eigenvalue weighted by Gasteiger charge is -2.07. The Balaban J connectivity index is -0.000000405. The van der Waals surface area contributed by atoms with Crippen molar-refractivity contribution >= 4 is 39.7 Å². The number of rotatable bonds is 4. The molecule has 78 valence electrons.